The molecule has 1 N–H and O–H groups in total. The van der Waals surface area contributed by atoms with Crippen LogP contribution in [0.4, 0.5) is 0 Å². The Morgan fingerprint density at radius 3 is 2.89 bits per heavy atom. The highest BCUT2D eigenvalue weighted by molar-refractivity contribution is 9.10. The van der Waals surface area contributed by atoms with Gasteiger partial charge in [0.1, 0.15) is 6.10 Å². The molecule has 1 saturated carbocycles. The van der Waals surface area contributed by atoms with Gasteiger partial charge in [-0.1, -0.05) is 26.2 Å². The van der Waals surface area contributed by atoms with Crippen molar-refractivity contribution in [2.45, 2.75) is 63.3 Å². The molecule has 0 aliphatic heterocycles. The van der Waals surface area contributed by atoms with Gasteiger partial charge in [0.05, 0.1) is 16.4 Å². The van der Waals surface area contributed by atoms with Gasteiger partial charge in [-0.3, -0.25) is 4.68 Å². The second kappa shape index (κ2) is 7.70. The van der Waals surface area contributed by atoms with E-state index in [1.807, 2.05) is 16.4 Å². The molecule has 1 fully saturated rings. The van der Waals surface area contributed by atoms with Gasteiger partial charge in [-0.15, -0.1) is 0 Å². The summed E-state index contributed by atoms with van der Waals surface area (Å²) in [6, 6.07) is 0. The van der Waals surface area contributed by atoms with Crippen molar-refractivity contribution < 1.29 is 5.11 Å². The summed E-state index contributed by atoms with van der Waals surface area (Å²) in [5.41, 5.74) is 0.935. The Labute approximate surface area is 128 Å². The van der Waals surface area contributed by atoms with E-state index in [1.54, 1.807) is 6.20 Å². The molecular weight excluding hydrogens is 324 g/mol. The second-order valence-electron chi connectivity index (χ2n) is 5.21. The van der Waals surface area contributed by atoms with Crippen LogP contribution < -0.4 is 0 Å². The zero-order valence-electron chi connectivity index (χ0n) is 11.5. The Hall–Kier alpha value is -0.0000000000000000555. The van der Waals surface area contributed by atoms with Crippen LogP contribution in [0.5, 0.6) is 0 Å². The lowest BCUT2D eigenvalue weighted by atomic mass is 10.0. The summed E-state index contributed by atoms with van der Waals surface area (Å²) in [5.74, 6) is 0.776. The van der Waals surface area contributed by atoms with E-state index < -0.39 is 6.10 Å². The van der Waals surface area contributed by atoms with Crippen LogP contribution in [0.2, 0.25) is 0 Å². The number of aliphatic hydroxyl groups excluding tert-OH is 1. The number of aliphatic hydroxyl groups is 1. The van der Waals surface area contributed by atoms with Crippen molar-refractivity contribution in [1.82, 2.24) is 9.78 Å². The first-order valence-electron chi connectivity index (χ1n) is 7.23. The Bertz CT molecular complexity index is 391. The van der Waals surface area contributed by atoms with E-state index in [-0.39, 0.29) is 0 Å². The molecule has 1 aromatic heterocycles. The van der Waals surface area contributed by atoms with Crippen LogP contribution in [0.25, 0.3) is 0 Å². The first kappa shape index (κ1) is 15.4. The molecule has 1 aromatic rings. The summed E-state index contributed by atoms with van der Waals surface area (Å²) in [6.07, 6.45) is 9.11. The van der Waals surface area contributed by atoms with E-state index >= 15 is 0 Å². The molecule has 0 spiro atoms. The maximum Gasteiger partial charge on any atom is 0.106 e. The molecule has 3 nitrogen and oxygen atoms in total. The van der Waals surface area contributed by atoms with E-state index in [9.17, 15) is 5.11 Å². The van der Waals surface area contributed by atoms with Crippen LogP contribution in [0.1, 0.15) is 57.2 Å². The third kappa shape index (κ3) is 4.23. The number of halogens is 1. The van der Waals surface area contributed by atoms with Gasteiger partial charge < -0.3 is 5.11 Å². The maximum absolute atomic E-state index is 10.4. The lowest BCUT2D eigenvalue weighted by Gasteiger charge is -2.22. The van der Waals surface area contributed by atoms with E-state index in [2.05, 4.69) is 28.0 Å². The highest BCUT2D eigenvalue weighted by atomic mass is 79.9. The third-order valence-corrected chi connectivity index (χ3v) is 5.69. The zero-order valence-corrected chi connectivity index (χ0v) is 13.9. The minimum absolute atomic E-state index is 0.421. The van der Waals surface area contributed by atoms with Crippen LogP contribution in [-0.4, -0.2) is 25.9 Å². The molecular formula is C14H23BrN2OS. The minimum atomic E-state index is -0.421. The monoisotopic (exact) mass is 346 g/mol. The molecule has 1 atom stereocenters. The van der Waals surface area contributed by atoms with E-state index in [1.165, 1.54) is 32.1 Å². The van der Waals surface area contributed by atoms with E-state index in [4.69, 9.17) is 0 Å². The molecule has 1 aliphatic carbocycles. The maximum atomic E-state index is 10.4. The predicted molar refractivity (Wildman–Crippen MR) is 84.5 cm³/mol. The van der Waals surface area contributed by atoms with Crippen molar-refractivity contribution in [2.24, 2.45) is 0 Å². The molecule has 1 heterocycles. The van der Waals surface area contributed by atoms with Crippen LogP contribution >= 0.6 is 27.7 Å². The normalized spacial score (nSPS) is 18.7. The van der Waals surface area contributed by atoms with Crippen molar-refractivity contribution >= 4 is 27.7 Å². The minimum Gasteiger partial charge on any atom is -0.386 e. The lowest BCUT2D eigenvalue weighted by molar-refractivity contribution is 0.190. The van der Waals surface area contributed by atoms with Crippen molar-refractivity contribution in [3.8, 4) is 0 Å². The number of aryl methyl sites for hydroxylation is 1. The van der Waals surface area contributed by atoms with Crippen LogP contribution in [0.3, 0.4) is 0 Å². The van der Waals surface area contributed by atoms with Gasteiger partial charge in [0, 0.05) is 17.5 Å². The third-order valence-electron chi connectivity index (χ3n) is 3.63. The fourth-order valence-corrected chi connectivity index (χ4v) is 4.47. The molecule has 0 bridgehead atoms. The number of hydrogen-bond donors (Lipinski definition) is 1. The Kier molecular flexibility index (Phi) is 6.23. The Morgan fingerprint density at radius 1 is 1.47 bits per heavy atom. The highest BCUT2D eigenvalue weighted by Crippen LogP contribution is 2.32. The molecule has 0 saturated heterocycles. The van der Waals surface area contributed by atoms with Crippen molar-refractivity contribution in [2.75, 3.05) is 5.75 Å². The number of hydrogen-bond acceptors (Lipinski definition) is 3. The van der Waals surface area contributed by atoms with Crippen LogP contribution in [0.15, 0.2) is 10.7 Å². The van der Waals surface area contributed by atoms with Gasteiger partial charge >= 0.3 is 0 Å². The molecule has 2 rings (SSSR count). The Balaban J connectivity index is 1.91. The van der Waals surface area contributed by atoms with Gasteiger partial charge in [-0.25, -0.2) is 0 Å². The average Bonchev–Trinajstić information content (AvgIpc) is 2.79. The predicted octanol–water partition coefficient (Wildman–Crippen LogP) is 4.15. The number of rotatable bonds is 6. The van der Waals surface area contributed by atoms with Crippen molar-refractivity contribution in [3.63, 3.8) is 0 Å². The Morgan fingerprint density at radius 2 is 2.21 bits per heavy atom. The molecule has 0 amide bonds. The smallest absolute Gasteiger partial charge is 0.106 e. The van der Waals surface area contributed by atoms with Gasteiger partial charge in [-0.05, 0) is 35.2 Å². The molecule has 0 aromatic carbocycles. The van der Waals surface area contributed by atoms with Crippen molar-refractivity contribution in [1.29, 1.82) is 0 Å². The lowest BCUT2D eigenvalue weighted by Crippen LogP contribution is -2.15. The molecule has 1 aliphatic rings. The quantitative estimate of drug-likeness (QED) is 0.840. The van der Waals surface area contributed by atoms with Gasteiger partial charge in [0.15, 0.2) is 0 Å². The zero-order chi connectivity index (χ0) is 13.7. The molecule has 1 unspecified atom stereocenters. The fraction of sp³-hybridized carbons (Fsp3) is 0.786. The fourth-order valence-electron chi connectivity index (χ4n) is 2.63. The summed E-state index contributed by atoms with van der Waals surface area (Å²) in [4.78, 5) is 0. The van der Waals surface area contributed by atoms with Gasteiger partial charge in [0.25, 0.3) is 0 Å². The first-order valence-corrected chi connectivity index (χ1v) is 9.07. The molecule has 0 radical (unpaired) electrons. The second-order valence-corrected chi connectivity index (χ2v) is 7.40. The molecule has 19 heavy (non-hydrogen) atoms. The summed E-state index contributed by atoms with van der Waals surface area (Å²) < 4.78 is 2.86. The largest absolute Gasteiger partial charge is 0.386 e. The first-order chi connectivity index (χ1) is 9.22. The van der Waals surface area contributed by atoms with Gasteiger partial charge in [-0.2, -0.15) is 16.9 Å². The number of nitrogens with zero attached hydrogens (tertiary/aromatic N) is 2. The topological polar surface area (TPSA) is 38.0 Å². The van der Waals surface area contributed by atoms with E-state index in [0.29, 0.717) is 0 Å². The van der Waals surface area contributed by atoms with E-state index in [0.717, 1.165) is 34.1 Å². The highest BCUT2D eigenvalue weighted by Gasteiger charge is 2.20. The summed E-state index contributed by atoms with van der Waals surface area (Å²) in [7, 11) is 0. The van der Waals surface area contributed by atoms with Crippen LogP contribution in [-0.2, 0) is 6.54 Å². The molecule has 108 valence electrons. The van der Waals surface area contributed by atoms with Crippen molar-refractivity contribution in [3.05, 3.63) is 16.4 Å². The molecule has 5 heteroatoms. The average molecular weight is 347 g/mol. The van der Waals surface area contributed by atoms with Gasteiger partial charge in [0.2, 0.25) is 0 Å². The summed E-state index contributed by atoms with van der Waals surface area (Å²) >= 11 is 5.43. The van der Waals surface area contributed by atoms with Crippen LogP contribution in [0, 0.1) is 0 Å². The number of thioether (sulfide) groups is 1. The summed E-state index contributed by atoms with van der Waals surface area (Å²) in [6.45, 7) is 2.99. The standard InChI is InChI=1S/C14H23BrN2OS/c1-2-8-17-14(12(15)9-16-17)13(18)10-19-11-6-4-3-5-7-11/h9,11,13,18H,2-8,10H2,1H3. The number of aromatic nitrogens is 2. The summed E-state index contributed by atoms with van der Waals surface area (Å²) in [5, 5.41) is 15.5. The SMILES string of the molecule is CCCn1ncc(Br)c1C(O)CSC1CCCCC1.